The lowest BCUT2D eigenvalue weighted by molar-refractivity contribution is -0.135. The van der Waals surface area contributed by atoms with Gasteiger partial charge in [0.2, 0.25) is 5.91 Å². The van der Waals surface area contributed by atoms with Crippen LogP contribution >= 0.6 is 11.6 Å². The Bertz CT molecular complexity index is 554. The maximum Gasteiger partial charge on any atom is 0.242 e. The Labute approximate surface area is 128 Å². The summed E-state index contributed by atoms with van der Waals surface area (Å²) in [6, 6.07) is 4.47. The second-order valence-corrected chi connectivity index (χ2v) is 6.37. The molecule has 1 saturated carbocycles. The number of halogens is 2. The highest BCUT2D eigenvalue weighted by Crippen LogP contribution is 2.34. The quantitative estimate of drug-likeness (QED) is 0.923. The van der Waals surface area contributed by atoms with Crippen molar-refractivity contribution in [3.05, 3.63) is 34.6 Å². The van der Waals surface area contributed by atoms with E-state index in [1.807, 2.05) is 4.90 Å². The SMILES string of the molecule is NC1(C(=O)N2CCN(Cc3ccc(F)cc3Cl)CC2)CC1. The van der Waals surface area contributed by atoms with Gasteiger partial charge in [0.25, 0.3) is 0 Å². The van der Waals surface area contributed by atoms with E-state index in [0.29, 0.717) is 24.7 Å². The molecule has 1 heterocycles. The summed E-state index contributed by atoms with van der Waals surface area (Å²) in [5.41, 5.74) is 6.29. The summed E-state index contributed by atoms with van der Waals surface area (Å²) in [6.45, 7) is 3.63. The van der Waals surface area contributed by atoms with E-state index >= 15 is 0 Å². The van der Waals surface area contributed by atoms with Gasteiger partial charge in [-0.25, -0.2) is 4.39 Å². The van der Waals surface area contributed by atoms with E-state index in [0.717, 1.165) is 31.5 Å². The van der Waals surface area contributed by atoms with Crippen LogP contribution in [0.4, 0.5) is 4.39 Å². The van der Waals surface area contributed by atoms with Crippen molar-refractivity contribution in [3.63, 3.8) is 0 Å². The first-order chi connectivity index (χ1) is 9.98. The van der Waals surface area contributed by atoms with Crippen molar-refractivity contribution in [2.24, 2.45) is 5.73 Å². The molecule has 1 amide bonds. The molecular formula is C15H19ClFN3O. The van der Waals surface area contributed by atoms with Gasteiger partial charge < -0.3 is 10.6 Å². The van der Waals surface area contributed by atoms with E-state index in [9.17, 15) is 9.18 Å². The minimum atomic E-state index is -0.581. The molecule has 3 rings (SSSR count). The fourth-order valence-corrected chi connectivity index (χ4v) is 2.89. The van der Waals surface area contributed by atoms with Crippen molar-refractivity contribution in [2.45, 2.75) is 24.9 Å². The zero-order valence-corrected chi connectivity index (χ0v) is 12.6. The number of rotatable bonds is 3. The van der Waals surface area contributed by atoms with E-state index in [1.165, 1.54) is 12.1 Å². The largest absolute Gasteiger partial charge is 0.339 e. The predicted molar refractivity (Wildman–Crippen MR) is 79.4 cm³/mol. The lowest BCUT2D eigenvalue weighted by Gasteiger charge is -2.36. The molecule has 2 fully saturated rings. The smallest absolute Gasteiger partial charge is 0.242 e. The number of piperazine rings is 1. The highest BCUT2D eigenvalue weighted by atomic mass is 35.5. The number of hydrogen-bond donors (Lipinski definition) is 1. The van der Waals surface area contributed by atoms with Crippen LogP contribution in [0.1, 0.15) is 18.4 Å². The summed E-state index contributed by atoms with van der Waals surface area (Å²) in [5.74, 6) is -0.237. The summed E-state index contributed by atoms with van der Waals surface area (Å²) in [5, 5.41) is 0.451. The molecule has 21 heavy (non-hydrogen) atoms. The molecule has 4 nitrogen and oxygen atoms in total. The Balaban J connectivity index is 1.55. The number of nitrogens with zero attached hydrogens (tertiary/aromatic N) is 2. The van der Waals surface area contributed by atoms with Gasteiger partial charge >= 0.3 is 0 Å². The van der Waals surface area contributed by atoms with E-state index in [-0.39, 0.29) is 11.7 Å². The molecular weight excluding hydrogens is 293 g/mol. The number of carbonyl (C=O) groups is 1. The monoisotopic (exact) mass is 311 g/mol. The van der Waals surface area contributed by atoms with Crippen LogP contribution in [0.2, 0.25) is 5.02 Å². The van der Waals surface area contributed by atoms with E-state index in [2.05, 4.69) is 4.90 Å². The molecule has 2 N–H and O–H groups in total. The summed E-state index contributed by atoms with van der Waals surface area (Å²) in [4.78, 5) is 16.2. The highest BCUT2D eigenvalue weighted by Gasteiger charge is 2.48. The van der Waals surface area contributed by atoms with E-state index in [4.69, 9.17) is 17.3 Å². The second-order valence-electron chi connectivity index (χ2n) is 5.96. The average molecular weight is 312 g/mol. The molecule has 1 aliphatic heterocycles. The third-order valence-corrected chi connectivity index (χ3v) is 4.64. The summed E-state index contributed by atoms with van der Waals surface area (Å²) >= 11 is 6.05. The molecule has 0 aromatic heterocycles. The molecule has 0 atom stereocenters. The van der Waals surface area contributed by atoms with Gasteiger partial charge in [0.05, 0.1) is 5.54 Å². The Kier molecular flexibility index (Phi) is 3.90. The lowest BCUT2D eigenvalue weighted by Crippen LogP contribution is -2.53. The summed E-state index contributed by atoms with van der Waals surface area (Å²) in [6.07, 6.45) is 1.61. The van der Waals surface area contributed by atoms with E-state index in [1.54, 1.807) is 6.07 Å². The molecule has 0 spiro atoms. The van der Waals surface area contributed by atoms with Crippen molar-refractivity contribution in [1.29, 1.82) is 0 Å². The first-order valence-electron chi connectivity index (χ1n) is 7.22. The number of hydrogen-bond acceptors (Lipinski definition) is 3. The number of benzene rings is 1. The Hall–Kier alpha value is -1.17. The zero-order chi connectivity index (χ0) is 15.0. The van der Waals surface area contributed by atoms with Gasteiger partial charge in [0.1, 0.15) is 5.82 Å². The van der Waals surface area contributed by atoms with Crippen LogP contribution in [0.3, 0.4) is 0 Å². The standard InChI is InChI=1S/C15H19ClFN3O/c16-13-9-12(17)2-1-11(13)10-19-5-7-20(8-6-19)14(21)15(18)3-4-15/h1-2,9H,3-8,10,18H2. The minimum absolute atomic E-state index is 0.0852. The summed E-state index contributed by atoms with van der Waals surface area (Å²) in [7, 11) is 0. The van der Waals surface area contributed by atoms with Gasteiger partial charge in [-0.15, -0.1) is 0 Å². The highest BCUT2D eigenvalue weighted by molar-refractivity contribution is 6.31. The summed E-state index contributed by atoms with van der Waals surface area (Å²) < 4.78 is 13.0. The van der Waals surface area contributed by atoms with Gasteiger partial charge in [-0.2, -0.15) is 0 Å². The number of carbonyl (C=O) groups excluding carboxylic acids is 1. The van der Waals surface area contributed by atoms with Crippen molar-refractivity contribution in [3.8, 4) is 0 Å². The predicted octanol–water partition coefficient (Wildman–Crippen LogP) is 1.61. The third kappa shape index (κ3) is 3.20. The van der Waals surface area contributed by atoms with Crippen LogP contribution in [0.15, 0.2) is 18.2 Å². The van der Waals surface area contributed by atoms with Gasteiger partial charge in [-0.1, -0.05) is 17.7 Å². The Morgan fingerprint density at radius 3 is 2.52 bits per heavy atom. The van der Waals surface area contributed by atoms with E-state index < -0.39 is 5.54 Å². The van der Waals surface area contributed by atoms with Gasteiger partial charge in [0, 0.05) is 37.7 Å². The van der Waals surface area contributed by atoms with Crippen LogP contribution in [0.25, 0.3) is 0 Å². The first-order valence-corrected chi connectivity index (χ1v) is 7.60. The van der Waals surface area contributed by atoms with Gasteiger partial charge in [-0.3, -0.25) is 9.69 Å². The fraction of sp³-hybridized carbons (Fsp3) is 0.533. The second kappa shape index (κ2) is 5.55. The van der Waals surface area contributed by atoms with Crippen molar-refractivity contribution >= 4 is 17.5 Å². The molecule has 1 aromatic carbocycles. The molecule has 1 saturated heterocycles. The average Bonchev–Trinajstić information content (AvgIpc) is 3.21. The molecule has 1 aliphatic carbocycles. The number of nitrogens with two attached hydrogens (primary N) is 1. The number of amides is 1. The maximum atomic E-state index is 13.0. The zero-order valence-electron chi connectivity index (χ0n) is 11.8. The molecule has 6 heteroatoms. The third-order valence-electron chi connectivity index (χ3n) is 4.28. The maximum absolute atomic E-state index is 13.0. The topological polar surface area (TPSA) is 49.6 Å². The minimum Gasteiger partial charge on any atom is -0.339 e. The molecule has 0 bridgehead atoms. The molecule has 114 valence electrons. The first kappa shape index (κ1) is 14.8. The lowest BCUT2D eigenvalue weighted by atomic mass is 10.1. The Morgan fingerprint density at radius 1 is 1.29 bits per heavy atom. The van der Waals surface area contributed by atoms with Crippen LogP contribution in [-0.2, 0) is 11.3 Å². The van der Waals surface area contributed by atoms with Gasteiger partial charge in [-0.05, 0) is 30.5 Å². The van der Waals surface area contributed by atoms with Crippen LogP contribution in [0.5, 0.6) is 0 Å². The molecule has 2 aliphatic rings. The van der Waals surface area contributed by atoms with Crippen LogP contribution in [-0.4, -0.2) is 47.4 Å². The van der Waals surface area contributed by atoms with Crippen LogP contribution in [0, 0.1) is 5.82 Å². The van der Waals surface area contributed by atoms with Crippen molar-refractivity contribution in [1.82, 2.24) is 9.80 Å². The van der Waals surface area contributed by atoms with Crippen molar-refractivity contribution < 1.29 is 9.18 Å². The van der Waals surface area contributed by atoms with Crippen molar-refractivity contribution in [2.75, 3.05) is 26.2 Å². The Morgan fingerprint density at radius 2 is 1.95 bits per heavy atom. The molecule has 0 radical (unpaired) electrons. The normalized spacial score (nSPS) is 21.4. The van der Waals surface area contributed by atoms with Crippen LogP contribution < -0.4 is 5.73 Å². The van der Waals surface area contributed by atoms with Gasteiger partial charge in [0.15, 0.2) is 0 Å². The fourth-order valence-electron chi connectivity index (χ4n) is 2.66. The molecule has 1 aromatic rings. The molecule has 0 unspecified atom stereocenters.